The number of nitrogen functional groups attached to an aromatic ring is 2. The number of carbonyl (C=O) groups excluding carboxylic acids is 2. The molecular formula is C29H36N6O4. The highest BCUT2D eigenvalue weighted by Crippen LogP contribution is 2.24. The molecule has 0 aliphatic carbocycles. The molecule has 2 unspecified atom stereocenters. The molecule has 206 valence electrons. The molecule has 0 fully saturated rings. The number of carbonyl (C=O) groups is 2. The van der Waals surface area contributed by atoms with Gasteiger partial charge >= 0.3 is 11.9 Å². The maximum Gasteiger partial charge on any atom is 0.305 e. The van der Waals surface area contributed by atoms with Crippen molar-refractivity contribution >= 4 is 23.3 Å². The molecule has 0 saturated heterocycles. The molecule has 2 rings (SSSR count). The zero-order chi connectivity index (χ0) is 28.7. The van der Waals surface area contributed by atoms with Crippen LogP contribution < -0.4 is 11.5 Å². The van der Waals surface area contributed by atoms with Crippen LogP contribution in [0.25, 0.3) is 0 Å². The molecule has 0 bridgehead atoms. The molecule has 0 aromatic heterocycles. The quantitative estimate of drug-likeness (QED) is 0.143. The van der Waals surface area contributed by atoms with Crippen LogP contribution >= 0.6 is 0 Å². The van der Waals surface area contributed by atoms with Gasteiger partial charge in [-0.25, -0.2) is 0 Å². The van der Waals surface area contributed by atoms with E-state index in [0.29, 0.717) is 24.2 Å². The zero-order valence-electron chi connectivity index (χ0n) is 22.6. The highest BCUT2D eigenvalue weighted by atomic mass is 16.5. The van der Waals surface area contributed by atoms with Gasteiger partial charge in [-0.05, 0) is 74.9 Å². The van der Waals surface area contributed by atoms with Gasteiger partial charge in [-0.1, -0.05) is 24.3 Å². The third kappa shape index (κ3) is 11.7. The van der Waals surface area contributed by atoms with Crippen LogP contribution in [-0.4, -0.2) is 36.2 Å². The van der Waals surface area contributed by atoms with Crippen molar-refractivity contribution in [2.24, 2.45) is 10.2 Å². The summed E-state index contributed by atoms with van der Waals surface area (Å²) in [6.45, 7) is 3.54. The molecule has 10 heteroatoms. The first-order valence-corrected chi connectivity index (χ1v) is 12.8. The topological polar surface area (TPSA) is 177 Å². The highest BCUT2D eigenvalue weighted by Gasteiger charge is 2.30. The van der Waals surface area contributed by atoms with E-state index in [1.54, 1.807) is 12.1 Å². The number of nitrogens with zero attached hydrogens (tertiary/aromatic N) is 4. The fourth-order valence-corrected chi connectivity index (χ4v) is 3.43. The molecule has 0 aliphatic heterocycles. The average Bonchev–Trinajstić information content (AvgIpc) is 2.94. The summed E-state index contributed by atoms with van der Waals surface area (Å²) in [5.74, 6) is -0.891. The molecular weight excluding hydrogens is 496 g/mol. The molecule has 0 radical (unpaired) electrons. The summed E-state index contributed by atoms with van der Waals surface area (Å²) in [7, 11) is 0. The lowest BCUT2D eigenvalue weighted by Gasteiger charge is -2.19. The van der Waals surface area contributed by atoms with E-state index in [1.165, 1.54) is 13.8 Å². The minimum atomic E-state index is -1.32. The van der Waals surface area contributed by atoms with Crippen molar-refractivity contribution in [1.82, 2.24) is 0 Å². The number of esters is 2. The van der Waals surface area contributed by atoms with Gasteiger partial charge in [0.05, 0.1) is 25.4 Å². The molecule has 39 heavy (non-hydrogen) atoms. The van der Waals surface area contributed by atoms with E-state index in [9.17, 15) is 20.1 Å². The number of azo groups is 1. The van der Waals surface area contributed by atoms with E-state index in [-0.39, 0.29) is 38.9 Å². The van der Waals surface area contributed by atoms with E-state index >= 15 is 0 Å². The first-order valence-electron chi connectivity index (χ1n) is 12.8. The van der Waals surface area contributed by atoms with Gasteiger partial charge in [-0.2, -0.15) is 20.8 Å². The van der Waals surface area contributed by atoms with Crippen LogP contribution in [0, 0.1) is 22.7 Å². The Bertz CT molecular complexity index is 1200. The molecule has 0 amide bonds. The van der Waals surface area contributed by atoms with Crippen LogP contribution in [0.4, 0.5) is 11.4 Å². The number of ether oxygens (including phenoxy) is 2. The van der Waals surface area contributed by atoms with Gasteiger partial charge < -0.3 is 20.9 Å². The second-order valence-corrected chi connectivity index (χ2v) is 9.75. The third-order valence-electron chi connectivity index (χ3n) is 6.09. The van der Waals surface area contributed by atoms with Gasteiger partial charge in [0, 0.05) is 30.6 Å². The number of benzene rings is 2. The smallest absolute Gasteiger partial charge is 0.305 e. The van der Waals surface area contributed by atoms with E-state index < -0.39 is 23.0 Å². The normalized spacial score (nSPS) is 13.9. The predicted octanol–water partition coefficient (Wildman–Crippen LogP) is 4.69. The summed E-state index contributed by atoms with van der Waals surface area (Å²) in [5.41, 5.74) is 12.1. The second-order valence-electron chi connectivity index (χ2n) is 9.75. The van der Waals surface area contributed by atoms with E-state index in [2.05, 4.69) is 10.2 Å². The molecule has 10 nitrogen and oxygen atoms in total. The average molecular weight is 533 g/mol. The van der Waals surface area contributed by atoms with Crippen LogP contribution in [0.5, 0.6) is 0 Å². The van der Waals surface area contributed by atoms with E-state index in [0.717, 1.165) is 17.5 Å². The Morgan fingerprint density at radius 2 is 1.15 bits per heavy atom. The number of nitriles is 2. The van der Waals surface area contributed by atoms with E-state index in [1.807, 2.05) is 48.5 Å². The Labute approximate surface area is 229 Å². The summed E-state index contributed by atoms with van der Waals surface area (Å²) in [6, 6.07) is 18.9. The maximum atomic E-state index is 12.2. The minimum Gasteiger partial charge on any atom is -0.466 e. The van der Waals surface area contributed by atoms with Gasteiger partial charge in [0.2, 0.25) is 0 Å². The number of hydrogen-bond donors (Lipinski definition) is 2. The van der Waals surface area contributed by atoms with Crippen LogP contribution in [0.15, 0.2) is 58.8 Å². The van der Waals surface area contributed by atoms with Crippen molar-refractivity contribution < 1.29 is 19.1 Å². The highest BCUT2D eigenvalue weighted by molar-refractivity contribution is 5.70. The van der Waals surface area contributed by atoms with Crippen LogP contribution in [0.1, 0.15) is 57.1 Å². The molecule has 2 atom stereocenters. The Hall–Kier alpha value is -4.44. The molecule has 4 N–H and O–H groups in total. The van der Waals surface area contributed by atoms with Gasteiger partial charge in [-0.3, -0.25) is 9.59 Å². The zero-order valence-corrected chi connectivity index (χ0v) is 22.6. The molecule has 0 aliphatic rings. The minimum absolute atomic E-state index is 0.0193. The Balaban J connectivity index is 1.74. The van der Waals surface area contributed by atoms with Crippen molar-refractivity contribution in [3.8, 4) is 12.1 Å². The first-order chi connectivity index (χ1) is 18.6. The summed E-state index contributed by atoms with van der Waals surface area (Å²) in [5, 5.41) is 27.4. The van der Waals surface area contributed by atoms with Gasteiger partial charge in [0.25, 0.3) is 0 Å². The number of aryl methyl sites for hydroxylation is 1. The SMILES string of the molecule is CC(C#N)(CCC(=O)OCCCc1ccc(N)cc1)N=NC(C)(C#N)CCC(=O)OCCc1ccc(N)cc1. The molecule has 2 aromatic rings. The number of anilines is 2. The predicted molar refractivity (Wildman–Crippen MR) is 147 cm³/mol. The fourth-order valence-electron chi connectivity index (χ4n) is 3.43. The molecule has 0 saturated carbocycles. The summed E-state index contributed by atoms with van der Waals surface area (Å²) >= 11 is 0. The Morgan fingerprint density at radius 1 is 0.744 bits per heavy atom. The Kier molecular flexibility index (Phi) is 11.9. The molecule has 2 aromatic carbocycles. The summed E-state index contributed by atoms with van der Waals surface area (Å²) in [4.78, 5) is 24.3. The van der Waals surface area contributed by atoms with Crippen molar-refractivity contribution in [2.45, 2.75) is 69.9 Å². The number of hydrogen-bond acceptors (Lipinski definition) is 10. The van der Waals surface area contributed by atoms with Gasteiger partial charge in [-0.15, -0.1) is 0 Å². The first kappa shape index (κ1) is 30.8. The second kappa shape index (κ2) is 15.1. The lowest BCUT2D eigenvalue weighted by molar-refractivity contribution is -0.144. The van der Waals surface area contributed by atoms with Crippen LogP contribution in [-0.2, 0) is 31.9 Å². The lowest BCUT2D eigenvalue weighted by Crippen LogP contribution is -2.25. The van der Waals surface area contributed by atoms with Crippen LogP contribution in [0.3, 0.4) is 0 Å². The van der Waals surface area contributed by atoms with Crippen molar-refractivity contribution in [3.05, 3.63) is 59.7 Å². The van der Waals surface area contributed by atoms with Crippen molar-refractivity contribution in [2.75, 3.05) is 24.7 Å². The lowest BCUT2D eigenvalue weighted by atomic mass is 9.97. The largest absolute Gasteiger partial charge is 0.466 e. The fraction of sp³-hybridized carbons (Fsp3) is 0.448. The number of rotatable bonds is 15. The van der Waals surface area contributed by atoms with Crippen molar-refractivity contribution in [1.29, 1.82) is 10.5 Å². The van der Waals surface area contributed by atoms with Crippen LogP contribution in [0.2, 0.25) is 0 Å². The number of nitrogens with two attached hydrogens (primary N) is 2. The van der Waals surface area contributed by atoms with Gasteiger partial charge in [0.15, 0.2) is 11.1 Å². The third-order valence-corrected chi connectivity index (χ3v) is 6.09. The van der Waals surface area contributed by atoms with E-state index in [4.69, 9.17) is 20.9 Å². The molecule has 0 heterocycles. The molecule has 0 spiro atoms. The Morgan fingerprint density at radius 3 is 1.59 bits per heavy atom. The van der Waals surface area contributed by atoms with Gasteiger partial charge in [0.1, 0.15) is 0 Å². The summed E-state index contributed by atoms with van der Waals surface area (Å²) < 4.78 is 10.5. The summed E-state index contributed by atoms with van der Waals surface area (Å²) in [6.07, 6.45) is 2.07. The standard InChI is InChI=1S/C29H36N6O4/c1-28(20-30,16-13-26(36)38-18-3-4-22-5-9-24(32)10-6-22)34-35-29(2,21-31)17-14-27(37)39-19-15-23-7-11-25(33)12-8-23/h5-12H,3-4,13-19,32-33H2,1-2H3. The van der Waals surface area contributed by atoms with Crippen molar-refractivity contribution in [3.63, 3.8) is 0 Å². The maximum absolute atomic E-state index is 12.2. The monoisotopic (exact) mass is 532 g/mol.